The summed E-state index contributed by atoms with van der Waals surface area (Å²) in [5.41, 5.74) is 8.02. The number of nitriles is 1. The number of halogens is 1. The molecule has 13 nitrogen and oxygen atoms in total. The third-order valence-electron chi connectivity index (χ3n) is 6.28. The van der Waals surface area contributed by atoms with Crippen molar-refractivity contribution in [3.05, 3.63) is 77.6 Å². The highest BCUT2D eigenvalue weighted by Crippen LogP contribution is 2.39. The summed E-state index contributed by atoms with van der Waals surface area (Å²) in [7, 11) is -9.13. The van der Waals surface area contributed by atoms with Gasteiger partial charge in [-0.05, 0) is 60.0 Å². The number of hydrogen-bond donors (Lipinski definition) is 4. The number of ether oxygens (including phenoxy) is 2. The number of carbonyl (C=O) groups excluding carboxylic acids is 1. The quantitative estimate of drug-likeness (QED) is 0.0995. The second-order valence-electron chi connectivity index (χ2n) is 9.81. The number of carbonyl (C=O) groups is 1. The largest absolute Gasteiger partial charge is 0.768 e. The van der Waals surface area contributed by atoms with Gasteiger partial charge >= 0.3 is 0 Å². The van der Waals surface area contributed by atoms with Gasteiger partial charge < -0.3 is 35.7 Å². The summed E-state index contributed by atoms with van der Waals surface area (Å²) in [5.74, 6) is -0.873. The van der Waals surface area contributed by atoms with Crippen molar-refractivity contribution < 1.29 is 52.5 Å². The van der Waals surface area contributed by atoms with Gasteiger partial charge in [-0.15, -0.1) is 11.3 Å². The van der Waals surface area contributed by atoms with Crippen LogP contribution in [0.25, 0.3) is 10.1 Å². The molecule has 0 aliphatic heterocycles. The summed E-state index contributed by atoms with van der Waals surface area (Å²) in [4.78, 5) is 25.5. The minimum absolute atomic E-state index is 0.172. The van der Waals surface area contributed by atoms with Gasteiger partial charge in [0.15, 0.2) is 19.1 Å². The third-order valence-corrected chi connectivity index (χ3v) is 10.5. The number of fused-ring (bicyclic) bond motifs is 1. The Morgan fingerprint density at radius 2 is 1.72 bits per heavy atom. The topological polar surface area (TPSA) is 222 Å². The van der Waals surface area contributed by atoms with Crippen LogP contribution in [-0.4, -0.2) is 46.9 Å². The highest BCUT2D eigenvalue weighted by Gasteiger charge is 2.22. The normalized spacial score (nSPS) is 12.7. The van der Waals surface area contributed by atoms with Crippen molar-refractivity contribution in [1.29, 1.82) is 5.26 Å². The molecule has 17 heteroatoms. The molecule has 0 aliphatic carbocycles. The van der Waals surface area contributed by atoms with Gasteiger partial charge in [0.25, 0.3) is 15.9 Å². The van der Waals surface area contributed by atoms with Crippen molar-refractivity contribution in [2.45, 2.75) is 17.1 Å². The minimum atomic E-state index is -4.84. The summed E-state index contributed by atoms with van der Waals surface area (Å²) in [5, 5.41) is 12.1. The molecule has 4 aromatic rings. The fourth-order valence-electron chi connectivity index (χ4n) is 3.95. The first-order chi connectivity index (χ1) is 21.9. The van der Waals surface area contributed by atoms with E-state index in [0.29, 0.717) is 58.7 Å². The van der Waals surface area contributed by atoms with Crippen molar-refractivity contribution in [2.24, 2.45) is 0 Å². The number of sulfonamides is 1. The lowest BCUT2D eigenvalue weighted by molar-refractivity contribution is -0.369. The van der Waals surface area contributed by atoms with Crippen molar-refractivity contribution >= 4 is 50.6 Å². The molecule has 8 N–H and O–H groups in total. The van der Waals surface area contributed by atoms with E-state index in [1.54, 1.807) is 42.5 Å². The summed E-state index contributed by atoms with van der Waals surface area (Å²) in [6, 6.07) is 15.5. The Morgan fingerprint density at radius 1 is 1.00 bits per heavy atom. The molecule has 1 amide bonds. The SMILES string of the molecule is N#Cc1ccc(OP(=O)([O-])CNS(=O)(=O)c2cc3cc(NC(=O)c4ccc(OCCC[NH3+])c(OCCC[NH3+])c4)ccc3s2)cc1F. The van der Waals surface area contributed by atoms with Crippen LogP contribution in [0.15, 0.2) is 64.9 Å². The maximum Gasteiger partial charge on any atom is 0.255 e. The molecule has 46 heavy (non-hydrogen) atoms. The minimum Gasteiger partial charge on any atom is -0.768 e. The molecule has 1 atom stereocenters. The predicted octanol–water partition coefficient (Wildman–Crippen LogP) is 2.05. The molecule has 0 bridgehead atoms. The van der Waals surface area contributed by atoms with Gasteiger partial charge in [-0.2, -0.15) is 5.26 Å². The molecule has 0 saturated heterocycles. The molecule has 0 aliphatic rings. The average molecular weight is 693 g/mol. The van der Waals surface area contributed by atoms with Crippen molar-refractivity contribution in [3.63, 3.8) is 0 Å². The van der Waals surface area contributed by atoms with Crippen LogP contribution in [0, 0.1) is 17.1 Å². The van der Waals surface area contributed by atoms with Crippen LogP contribution >= 0.6 is 18.9 Å². The Hall–Kier alpha value is -4.07. The van der Waals surface area contributed by atoms with Crippen LogP contribution in [0.5, 0.6) is 17.2 Å². The standard InChI is InChI=1S/C29H31FN5O8PS2/c30-24-16-23(6-3-20(24)17-33)43-44(37,38)18-34-46(39,40)28-15-21-13-22(5-8-27(21)45-28)35-29(36)19-4-7-25(41-11-1-9-31)26(14-19)42-12-2-10-32/h3-8,13-16,34H,1-2,9-12,18,31-32H2,(H,35,36)(H,37,38)/p+1. The molecule has 3 aromatic carbocycles. The second kappa shape index (κ2) is 15.5. The molecule has 1 heterocycles. The zero-order valence-corrected chi connectivity index (χ0v) is 27.0. The summed E-state index contributed by atoms with van der Waals surface area (Å²) in [6.07, 6.45) is 0.389. The highest BCUT2D eigenvalue weighted by molar-refractivity contribution is 7.92. The van der Waals surface area contributed by atoms with Crippen LogP contribution < -0.4 is 40.4 Å². The second-order valence-corrected chi connectivity index (χ2v) is 14.6. The van der Waals surface area contributed by atoms with Crippen molar-refractivity contribution in [2.75, 3.05) is 37.9 Å². The van der Waals surface area contributed by atoms with Crippen LogP contribution in [-0.2, 0) is 14.6 Å². The first-order valence-electron chi connectivity index (χ1n) is 14.0. The Balaban J connectivity index is 1.44. The van der Waals surface area contributed by atoms with Gasteiger partial charge in [-0.25, -0.2) is 17.5 Å². The van der Waals surface area contributed by atoms with Gasteiger partial charge in [-0.1, -0.05) is 0 Å². The lowest BCUT2D eigenvalue weighted by Crippen LogP contribution is -2.50. The summed E-state index contributed by atoms with van der Waals surface area (Å²) in [6.45, 7) is 2.28. The van der Waals surface area contributed by atoms with E-state index in [1.165, 1.54) is 6.07 Å². The number of hydrogen-bond acceptors (Lipinski definition) is 10. The van der Waals surface area contributed by atoms with Gasteiger partial charge in [0.05, 0.1) is 38.2 Å². The number of thiophene rings is 1. The maximum atomic E-state index is 13.8. The molecule has 1 unspecified atom stereocenters. The number of amides is 1. The van der Waals surface area contributed by atoms with E-state index < -0.39 is 41.4 Å². The number of anilines is 1. The average Bonchev–Trinajstić information content (AvgIpc) is 3.46. The van der Waals surface area contributed by atoms with Gasteiger partial charge in [0.1, 0.15) is 21.8 Å². The lowest BCUT2D eigenvalue weighted by Gasteiger charge is -2.24. The fourth-order valence-corrected chi connectivity index (χ4v) is 7.85. The predicted molar refractivity (Wildman–Crippen MR) is 166 cm³/mol. The summed E-state index contributed by atoms with van der Waals surface area (Å²) < 4.78 is 70.8. The Bertz CT molecular complexity index is 1920. The molecule has 0 saturated carbocycles. The first kappa shape index (κ1) is 34.8. The van der Waals surface area contributed by atoms with Gasteiger partial charge in [-0.3, -0.25) is 9.36 Å². The highest BCUT2D eigenvalue weighted by atomic mass is 32.2. The Labute approximate surface area is 268 Å². The van der Waals surface area contributed by atoms with E-state index in [9.17, 15) is 27.1 Å². The van der Waals surface area contributed by atoms with Crippen LogP contribution in [0.2, 0.25) is 0 Å². The molecule has 1 aromatic heterocycles. The molecule has 0 radical (unpaired) electrons. The zero-order chi connectivity index (χ0) is 33.3. The van der Waals surface area contributed by atoms with Crippen LogP contribution in [0.3, 0.4) is 0 Å². The van der Waals surface area contributed by atoms with Gasteiger partial charge in [0.2, 0.25) is 0 Å². The van der Waals surface area contributed by atoms with E-state index in [4.69, 9.17) is 19.3 Å². The van der Waals surface area contributed by atoms with E-state index >= 15 is 0 Å². The van der Waals surface area contributed by atoms with Crippen LogP contribution in [0.4, 0.5) is 10.1 Å². The maximum absolute atomic E-state index is 13.8. The number of benzene rings is 3. The zero-order valence-electron chi connectivity index (χ0n) is 24.5. The fraction of sp³-hybridized carbons (Fsp3) is 0.241. The van der Waals surface area contributed by atoms with E-state index in [1.807, 2.05) is 4.72 Å². The summed E-state index contributed by atoms with van der Waals surface area (Å²) >= 11 is 0.895. The third kappa shape index (κ3) is 9.24. The monoisotopic (exact) mass is 692 g/mol. The molecular formula is C29H32FN5O8PS2+. The number of nitrogens with zero attached hydrogens (tertiary/aromatic N) is 1. The molecule has 0 spiro atoms. The van der Waals surface area contributed by atoms with Gasteiger partial charge in [0, 0.05) is 34.9 Å². The number of nitrogens with one attached hydrogen (secondary N) is 2. The van der Waals surface area contributed by atoms with Crippen molar-refractivity contribution in [3.8, 4) is 23.3 Å². The Morgan fingerprint density at radius 3 is 2.39 bits per heavy atom. The van der Waals surface area contributed by atoms with E-state index in [2.05, 4.69) is 16.8 Å². The number of quaternary nitrogens is 2. The number of rotatable bonds is 16. The van der Waals surface area contributed by atoms with E-state index in [-0.39, 0.29) is 9.77 Å². The molecule has 244 valence electrons. The first-order valence-corrected chi connectivity index (χ1v) is 18.0. The van der Waals surface area contributed by atoms with Crippen LogP contribution in [0.1, 0.15) is 28.8 Å². The van der Waals surface area contributed by atoms with E-state index in [0.717, 1.165) is 42.9 Å². The smallest absolute Gasteiger partial charge is 0.255 e. The Kier molecular flexibility index (Phi) is 11.7. The molecule has 4 rings (SSSR count). The molecule has 0 fully saturated rings. The van der Waals surface area contributed by atoms with Crippen molar-refractivity contribution in [1.82, 2.24) is 4.72 Å². The lowest BCUT2D eigenvalue weighted by atomic mass is 10.1. The molecular weight excluding hydrogens is 660 g/mol.